The molecule has 7 aromatic carbocycles. The number of rotatable bonds is 12. The Morgan fingerprint density at radius 3 is 1.68 bits per heavy atom. The molecular weight excluding hydrogens is 1050 g/mol. The van der Waals surface area contributed by atoms with Gasteiger partial charge in [0.25, 0.3) is 10.1 Å². The van der Waals surface area contributed by atoms with E-state index in [0.29, 0.717) is 43.9 Å². The molecule has 0 aliphatic carbocycles. The van der Waals surface area contributed by atoms with Crippen molar-refractivity contribution in [1.29, 1.82) is 15.8 Å². The number of nitrogens with zero attached hydrogens (tertiary/aromatic N) is 8. The number of nitriles is 3. The van der Waals surface area contributed by atoms with E-state index in [2.05, 4.69) is 67.0 Å². The summed E-state index contributed by atoms with van der Waals surface area (Å²) in [6, 6.07) is 55.1. The number of hydrogen-bond donors (Lipinski definition) is 2. The summed E-state index contributed by atoms with van der Waals surface area (Å²) in [5, 5.41) is 43.0. The van der Waals surface area contributed by atoms with Crippen LogP contribution in [0.15, 0.2) is 158 Å². The second-order valence-corrected chi connectivity index (χ2v) is 21.3. The zero-order valence-electron chi connectivity index (χ0n) is 44.0. The zero-order chi connectivity index (χ0) is 56.6. The number of piperazine rings is 2. The van der Waals surface area contributed by atoms with Crippen molar-refractivity contribution in [3.8, 4) is 29.7 Å². The number of anilines is 2. The van der Waals surface area contributed by atoms with Gasteiger partial charge in [-0.2, -0.15) is 24.2 Å². The minimum atomic E-state index is -3.45. The van der Waals surface area contributed by atoms with Gasteiger partial charge in [0.2, 0.25) is 0 Å². The molecule has 2 fully saturated rings. The third-order valence-corrected chi connectivity index (χ3v) is 14.8. The third-order valence-electron chi connectivity index (χ3n) is 13.7. The first kappa shape index (κ1) is 58.3. The van der Waals surface area contributed by atoms with Crippen LogP contribution in [0, 0.1) is 47.1 Å². The summed E-state index contributed by atoms with van der Waals surface area (Å²) >= 11 is 12.2. The number of nitrogens with one attached hydrogen (secondary N) is 1. The van der Waals surface area contributed by atoms with Crippen molar-refractivity contribution in [2.75, 3.05) is 55.3 Å². The number of benzene rings is 7. The van der Waals surface area contributed by atoms with E-state index in [4.69, 9.17) is 50.5 Å². The Kier molecular flexibility index (Phi) is 20.1. The van der Waals surface area contributed by atoms with Crippen LogP contribution >= 0.6 is 23.2 Å². The van der Waals surface area contributed by atoms with Crippen molar-refractivity contribution < 1.29 is 22.4 Å². The van der Waals surface area contributed by atoms with E-state index in [1.54, 1.807) is 49.4 Å². The van der Waals surface area contributed by atoms with Crippen molar-refractivity contribution in [2.24, 2.45) is 0 Å². The van der Waals surface area contributed by atoms with Gasteiger partial charge in [0.15, 0.2) is 11.4 Å². The lowest BCUT2D eigenvalue weighted by Gasteiger charge is -2.45. The molecule has 0 aromatic heterocycles. The van der Waals surface area contributed by atoms with Crippen LogP contribution in [-0.4, -0.2) is 63.9 Å². The predicted molar refractivity (Wildman–Crippen MR) is 310 cm³/mol. The molecule has 400 valence electrons. The molecule has 0 spiro atoms. The Hall–Kier alpha value is -8.40. The fourth-order valence-corrected chi connectivity index (χ4v) is 10.3. The second-order valence-electron chi connectivity index (χ2n) is 18.8. The van der Waals surface area contributed by atoms with Crippen molar-refractivity contribution in [1.82, 2.24) is 10.2 Å². The number of ether oxygens (including phenoxy) is 1. The molecule has 7 aromatic rings. The largest absolute Gasteiger partial charge is 0.508 e. The average Bonchev–Trinajstić information content (AvgIpc) is 3.52. The van der Waals surface area contributed by atoms with E-state index in [9.17, 15) is 24.0 Å². The molecular formula is C62H57Cl2N9O5S. The molecule has 79 heavy (non-hydrogen) atoms. The number of phenols is 1. The first-order valence-corrected chi connectivity index (χ1v) is 27.8. The van der Waals surface area contributed by atoms with Crippen LogP contribution in [0.25, 0.3) is 9.69 Å². The average molecular weight is 1110 g/mol. The fourth-order valence-electron chi connectivity index (χ4n) is 9.46. The molecule has 0 amide bonds. The Bertz CT molecular complexity index is 3540. The predicted octanol–water partition coefficient (Wildman–Crippen LogP) is 13.7. The smallest absolute Gasteiger partial charge is 0.264 e. The zero-order valence-corrected chi connectivity index (χ0v) is 46.3. The van der Waals surface area contributed by atoms with Gasteiger partial charge in [0, 0.05) is 61.4 Å². The maximum Gasteiger partial charge on any atom is 0.264 e. The summed E-state index contributed by atoms with van der Waals surface area (Å²) in [6.45, 7) is 24.6. The highest BCUT2D eigenvalue weighted by Gasteiger charge is 2.33. The first-order chi connectivity index (χ1) is 38.0. The van der Waals surface area contributed by atoms with Crippen LogP contribution < -0.4 is 19.9 Å². The molecule has 5 atom stereocenters. The van der Waals surface area contributed by atoms with Crippen LogP contribution in [0.4, 0.5) is 22.7 Å². The van der Waals surface area contributed by atoms with Gasteiger partial charge in [-0.25, -0.2) is 9.69 Å². The third kappa shape index (κ3) is 15.6. The van der Waals surface area contributed by atoms with Gasteiger partial charge in [0.1, 0.15) is 29.7 Å². The van der Waals surface area contributed by atoms with Gasteiger partial charge < -0.3 is 25.0 Å². The minimum Gasteiger partial charge on any atom is -0.508 e. The number of hydrogen-bond acceptors (Lipinski definition) is 12. The van der Waals surface area contributed by atoms with Gasteiger partial charge in [0.05, 0.1) is 71.7 Å². The van der Waals surface area contributed by atoms with Gasteiger partial charge in [-0.3, -0.25) is 9.08 Å². The van der Waals surface area contributed by atoms with Gasteiger partial charge in [-0.1, -0.05) is 108 Å². The highest BCUT2D eigenvalue weighted by molar-refractivity contribution is 7.86. The molecule has 2 N–H and O–H groups in total. The fraction of sp³-hybridized carbons (Fsp3) is 0.242. The Balaban J connectivity index is 0.000000202. The normalized spacial score (nSPS) is 16.3. The van der Waals surface area contributed by atoms with Crippen LogP contribution in [0.2, 0.25) is 10.0 Å². The topological polar surface area (TPSA) is 175 Å². The molecule has 14 nitrogen and oxygen atoms in total. The molecule has 2 aliphatic rings. The van der Waals surface area contributed by atoms with Crippen molar-refractivity contribution >= 4 is 56.1 Å². The summed E-state index contributed by atoms with van der Waals surface area (Å²) in [4.78, 5) is 13.7. The summed E-state index contributed by atoms with van der Waals surface area (Å²) < 4.78 is 32.7. The Morgan fingerprint density at radius 1 is 0.633 bits per heavy atom. The maximum atomic E-state index is 10.9. The number of aromatic hydroxyl groups is 1. The minimum absolute atomic E-state index is 0.00239. The van der Waals surface area contributed by atoms with Crippen molar-refractivity contribution in [2.45, 2.75) is 51.1 Å². The SMILES string of the molecule is N#Cc1cc(O)ccc1N1CCNC[C@H]1c1ccc(Cl)cc1.[C-]#[N+]c1ccc([C@@H](C)N2CCN(c3ccc(O[C@H](C)c4ccc(C#N)cc4)cc3C#N)[C@H](c3ccc(Cl)cc3)C2)cc1.[C-]#[N+]c1ccc([C@H](C)OS(C)(=O)=O)cc1. The second kappa shape index (κ2) is 27.3. The maximum absolute atomic E-state index is 10.9. The number of halogens is 2. The summed E-state index contributed by atoms with van der Waals surface area (Å²) in [6.07, 6.45) is 0.238. The van der Waals surface area contributed by atoms with E-state index in [1.807, 2.05) is 104 Å². The van der Waals surface area contributed by atoms with Crippen LogP contribution in [0.1, 0.15) is 95.6 Å². The van der Waals surface area contributed by atoms with Crippen molar-refractivity contribution in [3.63, 3.8) is 0 Å². The Morgan fingerprint density at radius 2 is 1.14 bits per heavy atom. The molecule has 0 unspecified atom stereocenters. The lowest BCUT2D eigenvalue weighted by Crippen LogP contribution is -2.49. The van der Waals surface area contributed by atoms with E-state index in [-0.39, 0.29) is 30.0 Å². The Labute approximate surface area is 473 Å². The quantitative estimate of drug-likeness (QED) is 0.0876. The highest BCUT2D eigenvalue weighted by Crippen LogP contribution is 2.39. The van der Waals surface area contributed by atoms with Gasteiger partial charge >= 0.3 is 0 Å². The molecule has 2 aliphatic heterocycles. The molecule has 0 saturated carbocycles. The van der Waals surface area contributed by atoms with Crippen LogP contribution in [-0.2, 0) is 14.3 Å². The molecule has 0 bridgehead atoms. The van der Waals surface area contributed by atoms with E-state index in [0.717, 1.165) is 79.2 Å². The lowest BCUT2D eigenvalue weighted by molar-refractivity contribution is 0.171. The molecule has 9 rings (SSSR count). The molecule has 0 radical (unpaired) electrons. The van der Waals surface area contributed by atoms with E-state index >= 15 is 0 Å². The monoisotopic (exact) mass is 1110 g/mol. The van der Waals surface area contributed by atoms with E-state index < -0.39 is 16.2 Å². The van der Waals surface area contributed by atoms with Gasteiger partial charge in [-0.15, -0.1) is 0 Å². The molecule has 2 heterocycles. The van der Waals surface area contributed by atoms with Crippen LogP contribution in [0.3, 0.4) is 0 Å². The van der Waals surface area contributed by atoms with E-state index in [1.165, 1.54) is 11.6 Å². The molecule has 17 heteroatoms. The summed E-state index contributed by atoms with van der Waals surface area (Å²) in [5.41, 5.74) is 9.63. The van der Waals surface area contributed by atoms with Gasteiger partial charge in [-0.05, 0) is 115 Å². The molecule has 2 saturated heterocycles. The lowest BCUT2D eigenvalue weighted by atomic mass is 9.97. The first-order valence-electron chi connectivity index (χ1n) is 25.3. The number of phenolic OH excluding ortho intramolecular Hbond substituents is 1. The van der Waals surface area contributed by atoms with Crippen LogP contribution in [0.5, 0.6) is 11.5 Å². The summed E-state index contributed by atoms with van der Waals surface area (Å²) in [7, 11) is -3.45. The standard InChI is InChI=1S/C35H30ClN5O.C17H16ClN3O.C10H11NO3S/c1-24(27-10-14-32(39-3)15-11-27)40-18-19-41(35(23-40)29-8-12-31(36)13-9-29)34-17-16-33(20-30(34)22-38)42-25(2)28-6-4-26(21-37)5-7-28;18-14-3-1-12(2-4-14)17-11-20-7-8-21(17)16-6-5-15(22)9-13(16)10-19;1-8(14-15(3,12)13)9-4-6-10(11-2)7-5-9/h4-17,20,24-25,35H,18-19,23H2,1-2H3;1-6,9,17,20,22H,7-8,11H2;4-8H,1,3H3/t24-,25-,35+;17-;8-/m100/s1. The summed E-state index contributed by atoms with van der Waals surface area (Å²) in [5.74, 6) is 0.726. The highest BCUT2D eigenvalue weighted by atomic mass is 35.5. The van der Waals surface area contributed by atoms with Crippen molar-refractivity contribution in [3.05, 3.63) is 235 Å².